The molecule has 0 bridgehead atoms. The van der Waals surface area contributed by atoms with Gasteiger partial charge >= 0.3 is 0 Å². The van der Waals surface area contributed by atoms with Gasteiger partial charge in [0, 0.05) is 21.2 Å². The zero-order valence-corrected chi connectivity index (χ0v) is 13.1. The first kappa shape index (κ1) is 12.5. The van der Waals surface area contributed by atoms with E-state index in [1.54, 1.807) is 21.6 Å². The predicted molar refractivity (Wildman–Crippen MR) is 94.2 cm³/mol. The molecule has 4 aromatic rings. The van der Waals surface area contributed by atoms with Gasteiger partial charge in [0.15, 0.2) is 0 Å². The van der Waals surface area contributed by atoms with Gasteiger partial charge in [-0.1, -0.05) is 36.4 Å². The third-order valence-electron chi connectivity index (χ3n) is 3.84. The molecule has 2 nitrogen and oxygen atoms in total. The maximum Gasteiger partial charge on any atom is 0.117 e. The van der Waals surface area contributed by atoms with E-state index in [0.29, 0.717) is 0 Å². The second-order valence-corrected chi connectivity index (χ2v) is 7.39. The van der Waals surface area contributed by atoms with Crippen LogP contribution >= 0.6 is 21.6 Å². The van der Waals surface area contributed by atoms with Crippen LogP contribution in [0.3, 0.4) is 0 Å². The lowest BCUT2D eigenvalue weighted by Gasteiger charge is -2.18. The van der Waals surface area contributed by atoms with Crippen molar-refractivity contribution in [3.63, 3.8) is 0 Å². The van der Waals surface area contributed by atoms with Gasteiger partial charge < -0.3 is 0 Å². The van der Waals surface area contributed by atoms with E-state index >= 15 is 0 Å². The minimum Gasteiger partial charge on any atom is -0.246 e. The van der Waals surface area contributed by atoms with Gasteiger partial charge in [-0.15, -0.1) is 0 Å². The number of hydrogen-bond acceptors (Lipinski definition) is 4. The molecule has 0 saturated heterocycles. The van der Waals surface area contributed by atoms with Crippen molar-refractivity contribution < 1.29 is 0 Å². The van der Waals surface area contributed by atoms with E-state index in [-0.39, 0.29) is 0 Å². The number of rotatable bonds is 0. The Morgan fingerprint density at radius 3 is 2.18 bits per heavy atom. The fourth-order valence-electron chi connectivity index (χ4n) is 2.77. The van der Waals surface area contributed by atoms with Crippen molar-refractivity contribution >= 4 is 43.4 Å². The molecule has 3 heterocycles. The summed E-state index contributed by atoms with van der Waals surface area (Å²) in [7, 11) is 3.47. The fourth-order valence-corrected chi connectivity index (χ4v) is 5.00. The molecule has 1 aliphatic heterocycles. The van der Waals surface area contributed by atoms with Crippen LogP contribution in [0.15, 0.2) is 70.6 Å². The fraction of sp³-hybridized carbons (Fsp3) is 0. The highest BCUT2D eigenvalue weighted by Crippen LogP contribution is 2.50. The first-order valence-electron chi connectivity index (χ1n) is 7.03. The first-order chi connectivity index (χ1) is 10.9. The molecular formula is C18H10N2S2. The smallest absolute Gasteiger partial charge is 0.117 e. The highest BCUT2D eigenvalue weighted by atomic mass is 33.1. The van der Waals surface area contributed by atoms with Crippen molar-refractivity contribution in [1.82, 2.24) is 9.97 Å². The van der Waals surface area contributed by atoms with Crippen LogP contribution in [0.5, 0.6) is 0 Å². The lowest BCUT2D eigenvalue weighted by atomic mass is 10.1. The largest absolute Gasteiger partial charge is 0.246 e. The van der Waals surface area contributed by atoms with E-state index in [4.69, 9.17) is 9.97 Å². The minimum atomic E-state index is 1.04. The average molecular weight is 318 g/mol. The van der Waals surface area contributed by atoms with Crippen molar-refractivity contribution in [2.24, 2.45) is 0 Å². The predicted octanol–water partition coefficient (Wildman–Crippen LogP) is 5.56. The highest BCUT2D eigenvalue weighted by molar-refractivity contribution is 8.76. The number of hydrogen-bond donors (Lipinski definition) is 0. The minimum absolute atomic E-state index is 1.04. The van der Waals surface area contributed by atoms with E-state index < -0.39 is 0 Å². The van der Waals surface area contributed by atoms with Gasteiger partial charge in [0.1, 0.15) is 5.03 Å². The molecule has 0 spiro atoms. The summed E-state index contributed by atoms with van der Waals surface area (Å²) in [6.45, 7) is 0. The van der Waals surface area contributed by atoms with Crippen LogP contribution in [0.25, 0.3) is 33.1 Å². The van der Waals surface area contributed by atoms with Crippen LogP contribution in [0.1, 0.15) is 0 Å². The number of benzene rings is 2. The standard InChI is InChI=1S/C18H10N2S2/c1-4-8-15-11(5-1)9-13-17-16(21-22-18(13)20-15)10-12-6-2-3-7-14(12)19-17/h1-10H. The summed E-state index contributed by atoms with van der Waals surface area (Å²) in [5.41, 5.74) is 4.27. The van der Waals surface area contributed by atoms with E-state index in [9.17, 15) is 0 Å². The second kappa shape index (κ2) is 4.73. The summed E-state index contributed by atoms with van der Waals surface area (Å²) in [4.78, 5) is 10.9. The van der Waals surface area contributed by atoms with Crippen LogP contribution in [-0.4, -0.2) is 9.97 Å². The molecular weight excluding hydrogens is 308 g/mol. The third-order valence-corrected chi connectivity index (χ3v) is 6.15. The quantitative estimate of drug-likeness (QED) is 0.396. The topological polar surface area (TPSA) is 25.8 Å². The molecule has 0 saturated carbocycles. The number of pyridine rings is 2. The summed E-state index contributed by atoms with van der Waals surface area (Å²) >= 11 is 0. The lowest BCUT2D eigenvalue weighted by Crippen LogP contribution is -1.96. The van der Waals surface area contributed by atoms with Gasteiger partial charge in [0.05, 0.1) is 16.7 Å². The average Bonchev–Trinajstić information content (AvgIpc) is 2.58. The van der Waals surface area contributed by atoms with Crippen LogP contribution < -0.4 is 0 Å². The van der Waals surface area contributed by atoms with Crippen LogP contribution in [0.4, 0.5) is 0 Å². The molecule has 104 valence electrons. The number of fused-ring (bicyclic) bond motifs is 5. The molecule has 0 atom stereocenters. The lowest BCUT2D eigenvalue weighted by molar-refractivity contribution is 1.16. The molecule has 5 rings (SSSR count). The maximum atomic E-state index is 4.89. The molecule has 0 fully saturated rings. The number of para-hydroxylation sites is 2. The Hall–Kier alpha value is -2.04. The Morgan fingerprint density at radius 1 is 0.682 bits per heavy atom. The van der Waals surface area contributed by atoms with E-state index in [1.807, 2.05) is 12.1 Å². The zero-order valence-electron chi connectivity index (χ0n) is 11.5. The van der Waals surface area contributed by atoms with Gasteiger partial charge in [-0.25, -0.2) is 9.97 Å². The van der Waals surface area contributed by atoms with Gasteiger partial charge in [-0.2, -0.15) is 0 Å². The van der Waals surface area contributed by atoms with Crippen molar-refractivity contribution in [1.29, 1.82) is 0 Å². The maximum absolute atomic E-state index is 4.89. The van der Waals surface area contributed by atoms with Gasteiger partial charge in [0.25, 0.3) is 0 Å². The van der Waals surface area contributed by atoms with Crippen molar-refractivity contribution in [2.75, 3.05) is 0 Å². The third kappa shape index (κ3) is 1.84. The van der Waals surface area contributed by atoms with E-state index in [2.05, 4.69) is 48.5 Å². The summed E-state index contributed by atoms with van der Waals surface area (Å²) in [5.74, 6) is 0. The van der Waals surface area contributed by atoms with Crippen molar-refractivity contribution in [2.45, 2.75) is 9.92 Å². The Morgan fingerprint density at radius 2 is 1.36 bits per heavy atom. The molecule has 2 aromatic heterocycles. The molecule has 0 amide bonds. The van der Waals surface area contributed by atoms with Crippen molar-refractivity contribution in [3.05, 3.63) is 60.7 Å². The monoisotopic (exact) mass is 318 g/mol. The Kier molecular flexibility index (Phi) is 2.69. The number of nitrogens with zero attached hydrogens (tertiary/aromatic N) is 2. The van der Waals surface area contributed by atoms with E-state index in [1.165, 1.54) is 10.3 Å². The van der Waals surface area contributed by atoms with Crippen LogP contribution in [0, 0.1) is 0 Å². The number of aromatic nitrogens is 2. The summed E-state index contributed by atoms with van der Waals surface area (Å²) in [6, 6.07) is 21.0. The SMILES string of the molecule is c1ccc2nc3c(cc2c1)-c1nc2ccccc2cc1SS3. The van der Waals surface area contributed by atoms with Crippen LogP contribution in [-0.2, 0) is 0 Å². The normalized spacial score (nSPS) is 13.1. The first-order valence-corrected chi connectivity index (χ1v) is 9.18. The molecule has 0 unspecified atom stereocenters. The molecule has 0 aliphatic carbocycles. The molecule has 2 aromatic carbocycles. The molecule has 22 heavy (non-hydrogen) atoms. The summed E-state index contributed by atoms with van der Waals surface area (Å²) < 4.78 is 0. The van der Waals surface area contributed by atoms with Gasteiger partial charge in [0.2, 0.25) is 0 Å². The van der Waals surface area contributed by atoms with Gasteiger partial charge in [-0.05, 0) is 45.9 Å². The Labute approximate surface area is 135 Å². The van der Waals surface area contributed by atoms with E-state index in [0.717, 1.165) is 32.7 Å². The summed E-state index contributed by atoms with van der Waals surface area (Å²) in [6.07, 6.45) is 0. The molecule has 0 N–H and O–H groups in total. The zero-order chi connectivity index (χ0) is 14.5. The second-order valence-electron chi connectivity index (χ2n) is 5.23. The summed E-state index contributed by atoms with van der Waals surface area (Å²) in [5, 5.41) is 3.40. The molecule has 4 heteroatoms. The highest BCUT2D eigenvalue weighted by Gasteiger charge is 2.21. The van der Waals surface area contributed by atoms with Gasteiger partial charge in [-0.3, -0.25) is 0 Å². The molecule has 1 aliphatic rings. The Bertz CT molecular complexity index is 958. The van der Waals surface area contributed by atoms with Crippen molar-refractivity contribution in [3.8, 4) is 11.3 Å². The Balaban J connectivity index is 1.84. The van der Waals surface area contributed by atoms with Crippen LogP contribution in [0.2, 0.25) is 0 Å². The molecule has 0 radical (unpaired) electrons.